The summed E-state index contributed by atoms with van der Waals surface area (Å²) in [5, 5.41) is 8.51. The van der Waals surface area contributed by atoms with E-state index >= 15 is 0 Å². The molecule has 0 aromatic heterocycles. The highest BCUT2D eigenvalue weighted by molar-refractivity contribution is 7.80. The van der Waals surface area contributed by atoms with Gasteiger partial charge in [0.15, 0.2) is 0 Å². The number of ether oxygens (including phenoxy) is 1. The molecule has 0 bridgehead atoms. The molecule has 0 aromatic carbocycles. The molecular weight excluding hydrogens is 196 g/mol. The van der Waals surface area contributed by atoms with Crippen molar-refractivity contribution in [3.05, 3.63) is 0 Å². The van der Waals surface area contributed by atoms with Gasteiger partial charge in [-0.2, -0.15) is 17.9 Å². The van der Waals surface area contributed by atoms with E-state index in [0.29, 0.717) is 12.3 Å². The Balaban J connectivity index is 3.78. The Morgan fingerprint density at radius 2 is 2.21 bits per heavy atom. The third-order valence-electron chi connectivity index (χ3n) is 2.03. The quantitative estimate of drug-likeness (QED) is 0.623. The highest BCUT2D eigenvalue weighted by atomic mass is 32.1. The van der Waals surface area contributed by atoms with Crippen LogP contribution in [-0.2, 0) is 4.74 Å². The van der Waals surface area contributed by atoms with E-state index in [-0.39, 0.29) is 0 Å². The Kier molecular flexibility index (Phi) is 9.16. The first-order valence-corrected chi connectivity index (χ1v) is 5.57. The molecular formula is C10H20N2OS. The average molecular weight is 216 g/mol. The van der Waals surface area contributed by atoms with Crippen molar-refractivity contribution in [2.45, 2.75) is 13.3 Å². The molecule has 0 saturated carbocycles. The predicted octanol–water partition coefficient (Wildman–Crippen LogP) is 1.41. The molecule has 3 nitrogen and oxygen atoms in total. The molecule has 0 amide bonds. The molecule has 0 radical (unpaired) electrons. The molecule has 0 aliphatic rings. The summed E-state index contributed by atoms with van der Waals surface area (Å²) in [4.78, 5) is 2.26. The number of methoxy groups -OCH3 is 1. The number of nitriles is 1. The second-order valence-electron chi connectivity index (χ2n) is 3.49. The van der Waals surface area contributed by atoms with Crippen LogP contribution in [0.5, 0.6) is 0 Å². The molecule has 0 spiro atoms. The molecule has 0 fully saturated rings. The molecule has 0 aliphatic carbocycles. The van der Waals surface area contributed by atoms with Crippen LogP contribution in [0.25, 0.3) is 0 Å². The third kappa shape index (κ3) is 7.19. The Hall–Kier alpha value is -0.240. The first-order chi connectivity index (χ1) is 6.74. The summed E-state index contributed by atoms with van der Waals surface area (Å²) in [5.74, 6) is 1.45. The second kappa shape index (κ2) is 9.32. The van der Waals surface area contributed by atoms with Gasteiger partial charge in [0.25, 0.3) is 0 Å². The van der Waals surface area contributed by atoms with E-state index in [4.69, 9.17) is 10.00 Å². The first kappa shape index (κ1) is 13.8. The largest absolute Gasteiger partial charge is 0.383 e. The van der Waals surface area contributed by atoms with E-state index in [0.717, 1.165) is 32.0 Å². The summed E-state index contributed by atoms with van der Waals surface area (Å²) >= 11 is 4.25. The second-order valence-corrected chi connectivity index (χ2v) is 3.85. The molecule has 0 aromatic rings. The number of hydrogen-bond donors (Lipinski definition) is 1. The normalized spacial score (nSPS) is 12.8. The Morgan fingerprint density at radius 1 is 1.50 bits per heavy atom. The van der Waals surface area contributed by atoms with Crippen molar-refractivity contribution in [2.24, 2.45) is 5.92 Å². The molecule has 0 heterocycles. The van der Waals surface area contributed by atoms with Crippen molar-refractivity contribution in [1.29, 1.82) is 5.26 Å². The predicted molar refractivity (Wildman–Crippen MR) is 61.6 cm³/mol. The highest BCUT2D eigenvalue weighted by Crippen LogP contribution is 2.02. The molecule has 0 N–H and O–H groups in total. The zero-order valence-electron chi connectivity index (χ0n) is 9.07. The summed E-state index contributed by atoms with van der Waals surface area (Å²) in [6, 6.07) is 2.16. The van der Waals surface area contributed by atoms with Gasteiger partial charge in [-0.25, -0.2) is 0 Å². The minimum absolute atomic E-state index is 0.564. The standard InChI is InChI=1S/C10H20N2OS/c1-10(9-14)8-12(5-3-4-11)6-7-13-2/h10,14H,3,5-9H2,1-2H3. The molecule has 82 valence electrons. The third-order valence-corrected chi connectivity index (χ3v) is 2.66. The van der Waals surface area contributed by atoms with Crippen LogP contribution in [0.2, 0.25) is 0 Å². The minimum atomic E-state index is 0.564. The summed E-state index contributed by atoms with van der Waals surface area (Å²) < 4.78 is 5.02. The fourth-order valence-corrected chi connectivity index (χ4v) is 1.34. The molecule has 0 rings (SSSR count). The highest BCUT2D eigenvalue weighted by Gasteiger charge is 2.08. The number of thiol groups is 1. The monoisotopic (exact) mass is 216 g/mol. The van der Waals surface area contributed by atoms with Gasteiger partial charge >= 0.3 is 0 Å². The maximum atomic E-state index is 8.51. The lowest BCUT2D eigenvalue weighted by molar-refractivity contribution is 0.142. The Bertz CT molecular complexity index is 170. The van der Waals surface area contributed by atoms with Gasteiger partial charge in [-0.1, -0.05) is 6.92 Å². The fourth-order valence-electron chi connectivity index (χ4n) is 1.22. The first-order valence-electron chi connectivity index (χ1n) is 4.93. The SMILES string of the molecule is COCCN(CCC#N)CC(C)CS. The smallest absolute Gasteiger partial charge is 0.0635 e. The maximum absolute atomic E-state index is 8.51. The Labute approximate surface area is 92.4 Å². The summed E-state index contributed by atoms with van der Waals surface area (Å²) in [7, 11) is 1.70. The van der Waals surface area contributed by atoms with Gasteiger partial charge in [-0.15, -0.1) is 0 Å². The summed E-state index contributed by atoms with van der Waals surface area (Å²) in [5.41, 5.74) is 0. The van der Waals surface area contributed by atoms with Gasteiger partial charge < -0.3 is 4.74 Å². The summed E-state index contributed by atoms with van der Waals surface area (Å²) in [6.45, 7) is 5.62. The van der Waals surface area contributed by atoms with Crippen LogP contribution in [0, 0.1) is 17.2 Å². The van der Waals surface area contributed by atoms with E-state index in [1.807, 2.05) is 0 Å². The number of rotatable bonds is 8. The van der Waals surface area contributed by atoms with Crippen molar-refractivity contribution in [3.63, 3.8) is 0 Å². The van der Waals surface area contributed by atoms with Crippen LogP contribution in [0.3, 0.4) is 0 Å². The van der Waals surface area contributed by atoms with E-state index in [2.05, 4.69) is 30.5 Å². The van der Waals surface area contributed by atoms with Crippen molar-refractivity contribution in [2.75, 3.05) is 39.1 Å². The van der Waals surface area contributed by atoms with Gasteiger partial charge in [0.2, 0.25) is 0 Å². The zero-order valence-corrected chi connectivity index (χ0v) is 9.96. The van der Waals surface area contributed by atoms with Crippen LogP contribution in [0.15, 0.2) is 0 Å². The topological polar surface area (TPSA) is 36.3 Å². The maximum Gasteiger partial charge on any atom is 0.0635 e. The Morgan fingerprint density at radius 3 is 2.71 bits per heavy atom. The lowest BCUT2D eigenvalue weighted by atomic mass is 10.2. The number of nitrogens with zero attached hydrogens (tertiary/aromatic N) is 2. The van der Waals surface area contributed by atoms with Crippen LogP contribution in [0.4, 0.5) is 0 Å². The van der Waals surface area contributed by atoms with Gasteiger partial charge in [0.05, 0.1) is 12.7 Å². The average Bonchev–Trinajstić information content (AvgIpc) is 2.21. The van der Waals surface area contributed by atoms with E-state index in [1.165, 1.54) is 0 Å². The lowest BCUT2D eigenvalue weighted by Gasteiger charge is -2.23. The van der Waals surface area contributed by atoms with Crippen LogP contribution >= 0.6 is 12.6 Å². The molecule has 4 heteroatoms. The van der Waals surface area contributed by atoms with Crippen LogP contribution < -0.4 is 0 Å². The van der Waals surface area contributed by atoms with Crippen LogP contribution in [-0.4, -0.2) is 44.0 Å². The van der Waals surface area contributed by atoms with E-state index in [9.17, 15) is 0 Å². The van der Waals surface area contributed by atoms with E-state index in [1.54, 1.807) is 7.11 Å². The van der Waals surface area contributed by atoms with Crippen LogP contribution in [0.1, 0.15) is 13.3 Å². The number of hydrogen-bond acceptors (Lipinski definition) is 4. The van der Waals surface area contributed by atoms with Gasteiger partial charge in [-0.3, -0.25) is 4.90 Å². The molecule has 0 saturated heterocycles. The van der Waals surface area contributed by atoms with E-state index < -0.39 is 0 Å². The van der Waals surface area contributed by atoms with Crippen molar-refractivity contribution >= 4 is 12.6 Å². The minimum Gasteiger partial charge on any atom is -0.383 e. The molecule has 1 unspecified atom stereocenters. The van der Waals surface area contributed by atoms with Gasteiger partial charge in [0.1, 0.15) is 0 Å². The zero-order chi connectivity index (χ0) is 10.8. The van der Waals surface area contributed by atoms with Crippen molar-refractivity contribution in [1.82, 2.24) is 4.90 Å². The van der Waals surface area contributed by atoms with Gasteiger partial charge in [0, 0.05) is 33.2 Å². The molecule has 0 aliphatic heterocycles. The molecule has 1 atom stereocenters. The summed E-state index contributed by atoms with van der Waals surface area (Å²) in [6.07, 6.45) is 0.586. The van der Waals surface area contributed by atoms with Crippen molar-refractivity contribution in [3.8, 4) is 6.07 Å². The molecule has 14 heavy (non-hydrogen) atoms. The van der Waals surface area contributed by atoms with Gasteiger partial charge in [-0.05, 0) is 11.7 Å². The fraction of sp³-hybridized carbons (Fsp3) is 0.900. The van der Waals surface area contributed by atoms with Crippen molar-refractivity contribution < 1.29 is 4.74 Å². The lowest BCUT2D eigenvalue weighted by Crippen LogP contribution is -2.33.